The van der Waals surface area contributed by atoms with Crippen LogP contribution in [0.15, 0.2) is 4.99 Å². The molecule has 1 heterocycles. The number of hydrogen-bond acceptors (Lipinski definition) is 2. The van der Waals surface area contributed by atoms with Gasteiger partial charge in [0.05, 0.1) is 6.54 Å². The quantitative estimate of drug-likeness (QED) is 0.436. The van der Waals surface area contributed by atoms with Crippen molar-refractivity contribution < 1.29 is 0 Å². The largest absolute Gasteiger partial charge is 0.357 e. The Kier molecular flexibility index (Phi) is 6.78. The van der Waals surface area contributed by atoms with Crippen molar-refractivity contribution >= 4 is 17.7 Å². The topological polar surface area (TPSA) is 36.4 Å². The monoisotopic (exact) mass is 257 g/mol. The first-order valence-electron chi connectivity index (χ1n) is 6.86. The lowest BCUT2D eigenvalue weighted by Crippen LogP contribution is -2.39. The maximum Gasteiger partial charge on any atom is 0.191 e. The van der Waals surface area contributed by atoms with Crippen LogP contribution in [0, 0.1) is 0 Å². The molecule has 1 rings (SSSR count). The van der Waals surface area contributed by atoms with Crippen LogP contribution in [0.3, 0.4) is 0 Å². The summed E-state index contributed by atoms with van der Waals surface area (Å²) in [6.45, 7) is 9.54. The highest BCUT2D eigenvalue weighted by atomic mass is 32.2. The number of unbranched alkanes of at least 4 members (excludes halogenated alkanes) is 1. The Morgan fingerprint density at radius 3 is 2.76 bits per heavy atom. The first kappa shape index (κ1) is 14.7. The van der Waals surface area contributed by atoms with Gasteiger partial charge in [-0.3, -0.25) is 4.99 Å². The summed E-state index contributed by atoms with van der Waals surface area (Å²) in [6.07, 6.45) is 5.07. The predicted octanol–water partition coefficient (Wildman–Crippen LogP) is 2.63. The molecule has 0 aromatic carbocycles. The van der Waals surface area contributed by atoms with Gasteiger partial charge in [0.25, 0.3) is 0 Å². The van der Waals surface area contributed by atoms with E-state index < -0.39 is 0 Å². The normalized spacial score (nSPS) is 25.0. The Morgan fingerprint density at radius 2 is 2.18 bits per heavy atom. The van der Waals surface area contributed by atoms with E-state index in [9.17, 15) is 0 Å². The fraction of sp³-hybridized carbons (Fsp3) is 0.923. The van der Waals surface area contributed by atoms with E-state index in [1.165, 1.54) is 31.4 Å². The van der Waals surface area contributed by atoms with Gasteiger partial charge in [0, 0.05) is 17.8 Å². The first-order valence-corrected chi connectivity index (χ1v) is 7.85. The number of thioether (sulfide) groups is 1. The number of aliphatic imine (C=N–C) groups is 1. The minimum absolute atomic E-state index is 0.368. The van der Waals surface area contributed by atoms with Crippen molar-refractivity contribution in [3.63, 3.8) is 0 Å². The van der Waals surface area contributed by atoms with Gasteiger partial charge in [0.15, 0.2) is 5.96 Å². The lowest BCUT2D eigenvalue weighted by Gasteiger charge is -2.21. The van der Waals surface area contributed by atoms with E-state index in [1.54, 1.807) is 0 Å². The second kappa shape index (κ2) is 7.85. The Labute approximate surface area is 110 Å². The molecule has 1 aliphatic heterocycles. The third kappa shape index (κ3) is 5.66. The molecule has 1 saturated heterocycles. The molecule has 2 N–H and O–H groups in total. The highest BCUT2D eigenvalue weighted by Crippen LogP contribution is 2.37. The van der Waals surface area contributed by atoms with E-state index in [2.05, 4.69) is 43.2 Å². The van der Waals surface area contributed by atoms with Crippen molar-refractivity contribution in [3.8, 4) is 0 Å². The molecule has 1 fully saturated rings. The molecule has 0 aromatic heterocycles. The minimum atomic E-state index is 0.368. The van der Waals surface area contributed by atoms with Gasteiger partial charge in [-0.15, -0.1) is 0 Å². The average molecular weight is 257 g/mol. The van der Waals surface area contributed by atoms with E-state index >= 15 is 0 Å². The van der Waals surface area contributed by atoms with Crippen molar-refractivity contribution in [2.24, 2.45) is 4.99 Å². The molecule has 0 amide bonds. The van der Waals surface area contributed by atoms with Gasteiger partial charge in [-0.25, -0.2) is 0 Å². The molecule has 0 saturated carbocycles. The van der Waals surface area contributed by atoms with Gasteiger partial charge in [0.1, 0.15) is 0 Å². The minimum Gasteiger partial charge on any atom is -0.357 e. The summed E-state index contributed by atoms with van der Waals surface area (Å²) in [5.74, 6) is 2.28. The Bertz CT molecular complexity index is 235. The van der Waals surface area contributed by atoms with Crippen LogP contribution < -0.4 is 10.6 Å². The molecule has 0 aliphatic carbocycles. The standard InChI is InChI=1S/C13H27N3S/c1-4-6-9-15-12(14-5-2)16-11-13(3)8-7-10-17-13/h4-11H2,1-3H3,(H2,14,15,16). The summed E-state index contributed by atoms with van der Waals surface area (Å²) < 4.78 is 0.368. The zero-order chi connectivity index (χ0) is 12.6. The van der Waals surface area contributed by atoms with Crippen LogP contribution in [-0.2, 0) is 0 Å². The molecule has 100 valence electrons. The lowest BCUT2D eigenvalue weighted by atomic mass is 10.1. The predicted molar refractivity (Wildman–Crippen MR) is 79.0 cm³/mol. The van der Waals surface area contributed by atoms with Crippen molar-refractivity contribution in [2.75, 3.05) is 25.4 Å². The van der Waals surface area contributed by atoms with Crippen LogP contribution in [-0.4, -0.2) is 36.1 Å². The highest BCUT2D eigenvalue weighted by Gasteiger charge is 2.29. The van der Waals surface area contributed by atoms with Crippen molar-refractivity contribution in [3.05, 3.63) is 0 Å². The maximum atomic E-state index is 4.71. The Hall–Kier alpha value is -0.380. The smallest absolute Gasteiger partial charge is 0.191 e. The van der Waals surface area contributed by atoms with Gasteiger partial charge in [-0.05, 0) is 38.9 Å². The van der Waals surface area contributed by atoms with E-state index in [4.69, 9.17) is 4.99 Å². The molecule has 1 atom stereocenters. The van der Waals surface area contributed by atoms with Gasteiger partial charge >= 0.3 is 0 Å². The van der Waals surface area contributed by atoms with Gasteiger partial charge in [-0.2, -0.15) is 11.8 Å². The van der Waals surface area contributed by atoms with Gasteiger partial charge in [-0.1, -0.05) is 13.3 Å². The molecule has 0 bridgehead atoms. The molecule has 0 aromatic rings. The Balaban J connectivity index is 2.38. The molecule has 0 radical (unpaired) electrons. The zero-order valence-corrected chi connectivity index (χ0v) is 12.3. The summed E-state index contributed by atoms with van der Waals surface area (Å²) in [4.78, 5) is 4.71. The fourth-order valence-corrected chi connectivity index (χ4v) is 3.16. The molecule has 0 spiro atoms. The van der Waals surface area contributed by atoms with Crippen LogP contribution in [0.25, 0.3) is 0 Å². The second-order valence-electron chi connectivity index (χ2n) is 4.88. The summed E-state index contributed by atoms with van der Waals surface area (Å²) in [6, 6.07) is 0. The number of nitrogens with one attached hydrogen (secondary N) is 2. The van der Waals surface area contributed by atoms with E-state index in [0.29, 0.717) is 4.75 Å². The third-order valence-corrected chi connectivity index (χ3v) is 4.56. The summed E-state index contributed by atoms with van der Waals surface area (Å²) >= 11 is 2.07. The maximum absolute atomic E-state index is 4.71. The van der Waals surface area contributed by atoms with Gasteiger partial charge < -0.3 is 10.6 Å². The highest BCUT2D eigenvalue weighted by molar-refractivity contribution is 8.00. The van der Waals surface area contributed by atoms with Crippen LogP contribution in [0.2, 0.25) is 0 Å². The van der Waals surface area contributed by atoms with E-state index in [0.717, 1.165) is 25.6 Å². The van der Waals surface area contributed by atoms with Crippen molar-refractivity contribution in [1.82, 2.24) is 10.6 Å². The first-order chi connectivity index (χ1) is 8.20. The lowest BCUT2D eigenvalue weighted by molar-refractivity contribution is 0.613. The summed E-state index contributed by atoms with van der Waals surface area (Å²) in [7, 11) is 0. The molecule has 1 aliphatic rings. The Morgan fingerprint density at radius 1 is 1.35 bits per heavy atom. The van der Waals surface area contributed by atoms with Crippen LogP contribution in [0.4, 0.5) is 0 Å². The van der Waals surface area contributed by atoms with Crippen LogP contribution in [0.1, 0.15) is 46.5 Å². The molecule has 17 heavy (non-hydrogen) atoms. The summed E-state index contributed by atoms with van der Waals surface area (Å²) in [5, 5.41) is 6.70. The molecule has 4 heteroatoms. The molecular formula is C13H27N3S. The van der Waals surface area contributed by atoms with Crippen molar-refractivity contribution in [1.29, 1.82) is 0 Å². The third-order valence-electron chi connectivity index (χ3n) is 3.04. The molecular weight excluding hydrogens is 230 g/mol. The van der Waals surface area contributed by atoms with Crippen LogP contribution >= 0.6 is 11.8 Å². The zero-order valence-electron chi connectivity index (χ0n) is 11.5. The average Bonchev–Trinajstić information content (AvgIpc) is 2.74. The molecule has 1 unspecified atom stereocenters. The van der Waals surface area contributed by atoms with E-state index in [1.807, 2.05) is 0 Å². The number of rotatable bonds is 6. The number of hydrogen-bond donors (Lipinski definition) is 2. The molecule has 3 nitrogen and oxygen atoms in total. The fourth-order valence-electron chi connectivity index (χ4n) is 1.93. The summed E-state index contributed by atoms with van der Waals surface area (Å²) in [5.41, 5.74) is 0. The second-order valence-corrected chi connectivity index (χ2v) is 6.56. The van der Waals surface area contributed by atoms with Crippen LogP contribution in [0.5, 0.6) is 0 Å². The van der Waals surface area contributed by atoms with Crippen molar-refractivity contribution in [2.45, 2.75) is 51.2 Å². The van der Waals surface area contributed by atoms with Gasteiger partial charge in [0.2, 0.25) is 0 Å². The number of guanidine groups is 1. The SMILES string of the molecule is CCCCNC(=NCC1(C)CCCS1)NCC. The number of nitrogens with zero attached hydrogens (tertiary/aromatic N) is 1. The van der Waals surface area contributed by atoms with E-state index in [-0.39, 0.29) is 0 Å².